The summed E-state index contributed by atoms with van der Waals surface area (Å²) >= 11 is 0. The van der Waals surface area contributed by atoms with Crippen LogP contribution in [-0.2, 0) is 10.7 Å². The average molecular weight is 461 g/mol. The minimum atomic E-state index is -3.51. The summed E-state index contributed by atoms with van der Waals surface area (Å²) in [6.07, 6.45) is 0.845. The lowest BCUT2D eigenvalue weighted by Crippen LogP contribution is -2.24. The fourth-order valence-electron chi connectivity index (χ4n) is 3.33. The molecule has 0 heterocycles. The summed E-state index contributed by atoms with van der Waals surface area (Å²) in [5.74, 6) is -6.61. The summed E-state index contributed by atoms with van der Waals surface area (Å²) in [6, 6.07) is 16.6. The van der Waals surface area contributed by atoms with Gasteiger partial charge < -0.3 is 15.2 Å². The van der Waals surface area contributed by atoms with Crippen molar-refractivity contribution in [3.8, 4) is 5.75 Å². The summed E-state index contributed by atoms with van der Waals surface area (Å²) in [5.41, 5.74) is -0.131. The topological polar surface area (TPSA) is 58.6 Å². The molecular weight excluding hydrogens is 438 g/mol. The van der Waals surface area contributed by atoms with E-state index in [2.05, 4.69) is 5.32 Å². The lowest BCUT2D eigenvalue weighted by atomic mass is 10.00. The molecule has 1 unspecified atom stereocenters. The number of carboxylic acid groups (broad SMARTS) is 1. The first-order chi connectivity index (χ1) is 15.8. The van der Waals surface area contributed by atoms with Gasteiger partial charge in [0.1, 0.15) is 11.9 Å². The highest BCUT2D eigenvalue weighted by Crippen LogP contribution is 2.37. The van der Waals surface area contributed by atoms with Crippen molar-refractivity contribution >= 4 is 5.97 Å². The molecule has 8 heteroatoms. The van der Waals surface area contributed by atoms with Crippen LogP contribution in [0, 0.1) is 11.6 Å². The van der Waals surface area contributed by atoms with E-state index >= 15 is 0 Å². The molecule has 0 aliphatic rings. The van der Waals surface area contributed by atoms with Gasteiger partial charge in [-0.25, -0.2) is 8.78 Å². The van der Waals surface area contributed by atoms with Gasteiger partial charge in [0, 0.05) is 11.1 Å². The Labute approximate surface area is 188 Å². The maximum Gasteiger partial charge on any atom is 0.317 e. The maximum absolute atomic E-state index is 14.8. The van der Waals surface area contributed by atoms with Crippen LogP contribution >= 0.6 is 0 Å². The Morgan fingerprint density at radius 1 is 0.939 bits per heavy atom. The third-order valence-electron chi connectivity index (χ3n) is 5.04. The molecule has 1 atom stereocenters. The lowest BCUT2D eigenvalue weighted by Gasteiger charge is -2.21. The minimum Gasteiger partial charge on any atom is -0.486 e. The van der Waals surface area contributed by atoms with Crippen molar-refractivity contribution in [1.29, 1.82) is 0 Å². The highest BCUT2D eigenvalue weighted by atomic mass is 19.3. The first-order valence-electron chi connectivity index (χ1n) is 10.4. The van der Waals surface area contributed by atoms with E-state index in [9.17, 15) is 22.4 Å². The van der Waals surface area contributed by atoms with Crippen LogP contribution in [0.25, 0.3) is 0 Å². The molecule has 174 valence electrons. The van der Waals surface area contributed by atoms with E-state index in [4.69, 9.17) is 9.84 Å². The number of nitrogens with one attached hydrogen (secondary N) is 1. The second-order valence-corrected chi connectivity index (χ2v) is 7.46. The molecule has 3 aromatic carbocycles. The normalized spacial score (nSPS) is 12.4. The van der Waals surface area contributed by atoms with Crippen molar-refractivity contribution in [2.45, 2.75) is 24.9 Å². The van der Waals surface area contributed by atoms with Crippen LogP contribution in [0.4, 0.5) is 17.6 Å². The van der Waals surface area contributed by atoms with Gasteiger partial charge in [-0.2, -0.15) is 8.78 Å². The number of hydrogen-bond acceptors (Lipinski definition) is 3. The van der Waals surface area contributed by atoms with Gasteiger partial charge in [-0.3, -0.25) is 4.79 Å². The summed E-state index contributed by atoms with van der Waals surface area (Å²) < 4.78 is 62.1. The number of hydrogen-bond donors (Lipinski definition) is 2. The third-order valence-corrected chi connectivity index (χ3v) is 5.04. The Hall–Kier alpha value is -3.39. The van der Waals surface area contributed by atoms with Crippen molar-refractivity contribution < 1.29 is 32.2 Å². The number of carbonyl (C=O) groups is 1. The first-order valence-corrected chi connectivity index (χ1v) is 10.4. The van der Waals surface area contributed by atoms with E-state index in [1.807, 2.05) is 30.3 Å². The van der Waals surface area contributed by atoms with Crippen molar-refractivity contribution in [3.63, 3.8) is 0 Å². The number of halogens is 4. The number of rotatable bonds is 11. The Balaban J connectivity index is 1.71. The summed E-state index contributed by atoms with van der Waals surface area (Å²) in [7, 11) is 0. The van der Waals surface area contributed by atoms with Crippen LogP contribution in [0.5, 0.6) is 5.75 Å². The van der Waals surface area contributed by atoms with E-state index in [0.717, 1.165) is 11.6 Å². The molecule has 0 aliphatic carbocycles. The molecular formula is C25H23F4NO3. The van der Waals surface area contributed by atoms with Crippen molar-refractivity contribution in [1.82, 2.24) is 5.32 Å². The summed E-state index contributed by atoms with van der Waals surface area (Å²) in [5, 5.41) is 11.5. The van der Waals surface area contributed by atoms with E-state index in [0.29, 0.717) is 37.3 Å². The van der Waals surface area contributed by atoms with Crippen LogP contribution in [0.15, 0.2) is 72.8 Å². The molecule has 0 aliphatic heterocycles. The van der Waals surface area contributed by atoms with Gasteiger partial charge in [0.25, 0.3) is 5.92 Å². The molecule has 2 N–H and O–H groups in total. The Bertz CT molecular complexity index is 1060. The highest BCUT2D eigenvalue weighted by molar-refractivity contribution is 5.68. The number of aliphatic carboxylic acids is 1. The third kappa shape index (κ3) is 6.55. The van der Waals surface area contributed by atoms with E-state index < -0.39 is 29.1 Å². The molecule has 0 amide bonds. The van der Waals surface area contributed by atoms with Crippen LogP contribution in [0.2, 0.25) is 0 Å². The first kappa shape index (κ1) is 24.3. The molecule has 4 nitrogen and oxygen atoms in total. The van der Waals surface area contributed by atoms with Gasteiger partial charge in [-0.15, -0.1) is 0 Å². The fraction of sp³-hybridized carbons (Fsp3) is 0.240. The van der Waals surface area contributed by atoms with Crippen LogP contribution < -0.4 is 10.1 Å². The number of carboxylic acids is 1. The molecule has 3 aromatic rings. The molecule has 33 heavy (non-hydrogen) atoms. The van der Waals surface area contributed by atoms with E-state index in [1.54, 1.807) is 0 Å². The van der Waals surface area contributed by atoms with Gasteiger partial charge in [0.2, 0.25) is 0 Å². The van der Waals surface area contributed by atoms with Crippen LogP contribution in [0.3, 0.4) is 0 Å². The quantitative estimate of drug-likeness (QED) is 0.285. The standard InChI is InChI=1S/C25H23F4NO3/c26-21-13-10-19(15-22(21)27)25(28,29)18-8-11-20(12-9-18)33-23(17-5-2-1-3-6-17)7-4-14-30-16-24(31)32/h1-3,5-6,8-13,15,23,30H,4,7,14,16H2,(H,31,32). The smallest absolute Gasteiger partial charge is 0.317 e. The van der Waals surface area contributed by atoms with E-state index in [1.165, 1.54) is 24.3 Å². The van der Waals surface area contributed by atoms with Gasteiger partial charge >= 0.3 is 5.97 Å². The molecule has 0 aromatic heterocycles. The Kier molecular flexibility index (Phi) is 8.06. The van der Waals surface area contributed by atoms with Crippen LogP contribution in [-0.4, -0.2) is 24.2 Å². The Morgan fingerprint density at radius 3 is 2.24 bits per heavy atom. The van der Waals surface area contributed by atoms with Gasteiger partial charge in [0.15, 0.2) is 11.6 Å². The summed E-state index contributed by atoms with van der Waals surface area (Å²) in [4.78, 5) is 10.6. The SMILES string of the molecule is O=C(O)CNCCCC(Oc1ccc(C(F)(F)c2ccc(F)c(F)c2)cc1)c1ccccc1. The van der Waals surface area contributed by atoms with Gasteiger partial charge in [0.05, 0.1) is 6.54 Å². The second-order valence-electron chi connectivity index (χ2n) is 7.46. The zero-order valence-corrected chi connectivity index (χ0v) is 17.6. The second kappa shape index (κ2) is 11.0. The van der Waals surface area contributed by atoms with Gasteiger partial charge in [-0.1, -0.05) is 30.3 Å². The monoisotopic (exact) mass is 461 g/mol. The number of alkyl halides is 2. The molecule has 0 radical (unpaired) electrons. The zero-order valence-electron chi connectivity index (χ0n) is 17.6. The minimum absolute atomic E-state index is 0.134. The Morgan fingerprint density at radius 2 is 1.61 bits per heavy atom. The molecule has 3 rings (SSSR count). The van der Waals surface area contributed by atoms with Crippen LogP contribution in [0.1, 0.15) is 35.6 Å². The summed E-state index contributed by atoms with van der Waals surface area (Å²) in [6.45, 7) is 0.350. The fourth-order valence-corrected chi connectivity index (χ4v) is 3.33. The highest BCUT2D eigenvalue weighted by Gasteiger charge is 2.34. The van der Waals surface area contributed by atoms with Crippen molar-refractivity contribution in [2.75, 3.05) is 13.1 Å². The average Bonchev–Trinajstić information content (AvgIpc) is 2.80. The van der Waals surface area contributed by atoms with Crippen molar-refractivity contribution in [3.05, 3.63) is 101 Å². The lowest BCUT2D eigenvalue weighted by molar-refractivity contribution is -0.135. The molecule has 0 saturated carbocycles. The molecule has 0 bridgehead atoms. The zero-order chi connectivity index (χ0) is 23.8. The maximum atomic E-state index is 14.8. The van der Waals surface area contributed by atoms with Gasteiger partial charge in [-0.05, 0) is 67.4 Å². The molecule has 0 spiro atoms. The number of benzene rings is 3. The number of ether oxygens (including phenoxy) is 1. The molecule has 0 fully saturated rings. The molecule has 0 saturated heterocycles. The predicted molar refractivity (Wildman–Crippen MR) is 115 cm³/mol. The van der Waals surface area contributed by atoms with E-state index in [-0.39, 0.29) is 18.2 Å². The largest absolute Gasteiger partial charge is 0.486 e. The predicted octanol–water partition coefficient (Wildman–Crippen LogP) is 5.68. The van der Waals surface area contributed by atoms with Crippen molar-refractivity contribution in [2.24, 2.45) is 0 Å².